The van der Waals surface area contributed by atoms with Gasteiger partial charge in [0.15, 0.2) is 0 Å². The molecule has 0 atom stereocenters. The largest absolute Gasteiger partial charge is 0.424 e. The summed E-state index contributed by atoms with van der Waals surface area (Å²) in [4.78, 5) is 8.60. The highest BCUT2D eigenvalue weighted by Crippen LogP contribution is 2.24. The van der Waals surface area contributed by atoms with Crippen molar-refractivity contribution in [1.29, 1.82) is 0 Å². The molecule has 0 aliphatic rings. The minimum absolute atomic E-state index is 0.224. The van der Waals surface area contributed by atoms with Gasteiger partial charge in [-0.05, 0) is 43.7 Å². The van der Waals surface area contributed by atoms with Crippen molar-refractivity contribution in [3.8, 4) is 11.8 Å². The van der Waals surface area contributed by atoms with Crippen LogP contribution < -0.4 is 10.5 Å². The van der Waals surface area contributed by atoms with E-state index in [0.29, 0.717) is 11.4 Å². The highest BCUT2D eigenvalue weighted by atomic mass is 79.9. The van der Waals surface area contributed by atoms with Crippen LogP contribution in [0.15, 0.2) is 28.7 Å². The molecular formula is C13H12BrN3OS. The van der Waals surface area contributed by atoms with E-state index in [4.69, 9.17) is 22.7 Å². The zero-order valence-corrected chi connectivity index (χ0v) is 12.9. The Hall–Kier alpha value is -1.53. The third-order valence-corrected chi connectivity index (χ3v) is 3.52. The van der Waals surface area contributed by atoms with Gasteiger partial charge in [-0.3, -0.25) is 0 Å². The van der Waals surface area contributed by atoms with Gasteiger partial charge in [-0.1, -0.05) is 28.1 Å². The first kappa shape index (κ1) is 13.9. The van der Waals surface area contributed by atoms with E-state index >= 15 is 0 Å². The first-order valence-electron chi connectivity index (χ1n) is 5.55. The zero-order chi connectivity index (χ0) is 14.0. The van der Waals surface area contributed by atoms with Crippen molar-refractivity contribution in [2.24, 2.45) is 5.73 Å². The Labute approximate surface area is 125 Å². The fraction of sp³-hybridized carbons (Fsp3) is 0.154. The Morgan fingerprint density at radius 2 is 2.00 bits per heavy atom. The van der Waals surface area contributed by atoms with Gasteiger partial charge in [0, 0.05) is 10.2 Å². The molecule has 0 amide bonds. The molecule has 1 aromatic heterocycles. The fourth-order valence-corrected chi connectivity index (χ4v) is 1.85. The first-order chi connectivity index (χ1) is 8.95. The second-order valence-electron chi connectivity index (χ2n) is 4.05. The summed E-state index contributed by atoms with van der Waals surface area (Å²) in [6.07, 6.45) is 0. The summed E-state index contributed by atoms with van der Waals surface area (Å²) in [6.45, 7) is 3.82. The lowest BCUT2D eigenvalue weighted by Gasteiger charge is -2.07. The molecule has 98 valence electrons. The molecule has 2 N–H and O–H groups in total. The zero-order valence-electron chi connectivity index (χ0n) is 10.5. The average Bonchev–Trinajstić information content (AvgIpc) is 2.33. The number of benzene rings is 1. The molecule has 0 saturated heterocycles. The van der Waals surface area contributed by atoms with Crippen LogP contribution in [-0.4, -0.2) is 15.0 Å². The highest BCUT2D eigenvalue weighted by Gasteiger charge is 2.07. The van der Waals surface area contributed by atoms with Crippen molar-refractivity contribution in [2.45, 2.75) is 13.8 Å². The van der Waals surface area contributed by atoms with Crippen LogP contribution in [0.1, 0.15) is 17.0 Å². The lowest BCUT2D eigenvalue weighted by molar-refractivity contribution is 0.439. The van der Waals surface area contributed by atoms with Gasteiger partial charge in [0.25, 0.3) is 0 Å². The van der Waals surface area contributed by atoms with Crippen LogP contribution in [0.25, 0.3) is 0 Å². The monoisotopic (exact) mass is 337 g/mol. The summed E-state index contributed by atoms with van der Waals surface area (Å²) in [5.74, 6) is 0.667. The Kier molecular flexibility index (Phi) is 4.11. The second kappa shape index (κ2) is 5.63. The lowest BCUT2D eigenvalue weighted by Crippen LogP contribution is -2.13. The number of thiocarbonyl (C=S) groups is 1. The predicted molar refractivity (Wildman–Crippen MR) is 81.6 cm³/mol. The Bertz CT molecular complexity index is 646. The van der Waals surface area contributed by atoms with Gasteiger partial charge >= 0.3 is 6.01 Å². The first-order valence-corrected chi connectivity index (χ1v) is 6.75. The van der Waals surface area contributed by atoms with Crippen molar-refractivity contribution < 1.29 is 4.74 Å². The molecule has 2 rings (SSSR count). The third-order valence-electron chi connectivity index (χ3n) is 2.42. The van der Waals surface area contributed by atoms with Crippen molar-refractivity contribution in [3.63, 3.8) is 0 Å². The molecule has 0 fully saturated rings. The number of hydrogen-bond acceptors (Lipinski definition) is 4. The molecule has 19 heavy (non-hydrogen) atoms. The quantitative estimate of drug-likeness (QED) is 0.871. The van der Waals surface area contributed by atoms with Crippen LogP contribution >= 0.6 is 28.1 Å². The number of aromatic nitrogens is 2. The molecular weight excluding hydrogens is 326 g/mol. The van der Waals surface area contributed by atoms with Crippen LogP contribution in [0.2, 0.25) is 0 Å². The predicted octanol–water partition coefficient (Wildman–Crippen LogP) is 3.28. The molecule has 2 aromatic rings. The summed E-state index contributed by atoms with van der Waals surface area (Å²) in [7, 11) is 0. The number of nitrogens with zero attached hydrogens (tertiary/aromatic N) is 2. The van der Waals surface area contributed by atoms with E-state index in [1.54, 1.807) is 6.07 Å². The van der Waals surface area contributed by atoms with Crippen LogP contribution in [-0.2, 0) is 0 Å². The maximum atomic E-state index is 5.63. The lowest BCUT2D eigenvalue weighted by atomic mass is 10.2. The minimum atomic E-state index is 0.224. The summed E-state index contributed by atoms with van der Waals surface area (Å²) >= 11 is 8.35. The molecule has 4 nitrogen and oxygen atoms in total. The minimum Gasteiger partial charge on any atom is -0.424 e. The van der Waals surface area contributed by atoms with Gasteiger partial charge in [0.05, 0.1) is 0 Å². The van der Waals surface area contributed by atoms with Crippen molar-refractivity contribution in [1.82, 2.24) is 9.97 Å². The van der Waals surface area contributed by atoms with Gasteiger partial charge in [0.2, 0.25) is 0 Å². The van der Waals surface area contributed by atoms with Crippen molar-refractivity contribution >= 4 is 33.1 Å². The maximum absolute atomic E-state index is 5.63. The smallest absolute Gasteiger partial charge is 0.322 e. The molecule has 6 heteroatoms. The van der Waals surface area contributed by atoms with Gasteiger partial charge in [-0.25, -0.2) is 4.98 Å². The molecule has 0 spiro atoms. The standard InChI is InChI=1S/C13H12BrN3OS/c1-7-5-9(3-4-10(7)14)18-13-16-8(2)6-11(17-13)12(15)19/h3-6H,1-2H3,(H2,15,19). The van der Waals surface area contributed by atoms with Crippen LogP contribution in [0, 0.1) is 13.8 Å². The fourth-order valence-electron chi connectivity index (χ4n) is 1.50. The number of halogens is 1. The van der Waals surface area contributed by atoms with E-state index < -0.39 is 0 Å². The Balaban J connectivity index is 2.32. The normalized spacial score (nSPS) is 10.3. The van der Waals surface area contributed by atoms with Gasteiger partial charge < -0.3 is 10.5 Å². The molecule has 0 aliphatic heterocycles. The SMILES string of the molecule is Cc1cc(C(N)=S)nc(Oc2ccc(Br)c(C)c2)n1. The van der Waals surface area contributed by atoms with E-state index in [1.807, 2.05) is 32.0 Å². The number of aryl methyl sites for hydroxylation is 2. The van der Waals surface area contributed by atoms with E-state index in [0.717, 1.165) is 15.7 Å². The number of nitrogens with two attached hydrogens (primary N) is 1. The number of rotatable bonds is 3. The van der Waals surface area contributed by atoms with E-state index in [9.17, 15) is 0 Å². The molecule has 0 aliphatic carbocycles. The number of ether oxygens (including phenoxy) is 1. The molecule has 0 bridgehead atoms. The topological polar surface area (TPSA) is 61.0 Å². The van der Waals surface area contributed by atoms with E-state index in [2.05, 4.69) is 25.9 Å². The second-order valence-corrected chi connectivity index (χ2v) is 5.35. The summed E-state index contributed by atoms with van der Waals surface area (Å²) in [5, 5.41) is 0. The molecule has 0 radical (unpaired) electrons. The summed E-state index contributed by atoms with van der Waals surface area (Å²) in [5.41, 5.74) is 7.89. The van der Waals surface area contributed by atoms with Crippen LogP contribution in [0.4, 0.5) is 0 Å². The van der Waals surface area contributed by atoms with E-state index in [-0.39, 0.29) is 11.0 Å². The summed E-state index contributed by atoms with van der Waals surface area (Å²) < 4.78 is 6.65. The molecule has 1 heterocycles. The highest BCUT2D eigenvalue weighted by molar-refractivity contribution is 9.10. The Morgan fingerprint density at radius 3 is 2.63 bits per heavy atom. The third kappa shape index (κ3) is 3.48. The average molecular weight is 338 g/mol. The Morgan fingerprint density at radius 1 is 1.26 bits per heavy atom. The van der Waals surface area contributed by atoms with Crippen LogP contribution in [0.3, 0.4) is 0 Å². The van der Waals surface area contributed by atoms with Gasteiger partial charge in [0.1, 0.15) is 16.4 Å². The molecule has 0 saturated carbocycles. The summed E-state index contributed by atoms with van der Waals surface area (Å²) in [6, 6.07) is 7.61. The van der Waals surface area contributed by atoms with E-state index in [1.165, 1.54) is 0 Å². The van der Waals surface area contributed by atoms with Crippen molar-refractivity contribution in [3.05, 3.63) is 45.7 Å². The molecule has 1 aromatic carbocycles. The number of hydrogen-bond donors (Lipinski definition) is 1. The maximum Gasteiger partial charge on any atom is 0.322 e. The van der Waals surface area contributed by atoms with Crippen molar-refractivity contribution in [2.75, 3.05) is 0 Å². The van der Waals surface area contributed by atoms with Gasteiger partial charge in [-0.15, -0.1) is 0 Å². The van der Waals surface area contributed by atoms with Gasteiger partial charge in [-0.2, -0.15) is 4.98 Å². The van der Waals surface area contributed by atoms with Crippen LogP contribution in [0.5, 0.6) is 11.8 Å². The molecule has 0 unspecified atom stereocenters.